The highest BCUT2D eigenvalue weighted by atomic mass is 16.3. The van der Waals surface area contributed by atoms with Gasteiger partial charge in [-0.25, -0.2) is 0 Å². The number of nitrogens with zero attached hydrogens (tertiary/aromatic N) is 1. The first kappa shape index (κ1) is 9.98. The Hall–Kier alpha value is -1.55. The van der Waals surface area contributed by atoms with E-state index in [-0.39, 0.29) is 11.9 Å². The summed E-state index contributed by atoms with van der Waals surface area (Å²) in [7, 11) is 0. The zero-order chi connectivity index (χ0) is 10.7. The van der Waals surface area contributed by atoms with Crippen molar-refractivity contribution in [2.45, 2.75) is 12.5 Å². The average molecular weight is 206 g/mol. The van der Waals surface area contributed by atoms with Crippen LogP contribution in [0.4, 0.5) is 0 Å². The molecule has 4 heteroatoms. The minimum absolute atomic E-state index is 0.000602. The van der Waals surface area contributed by atoms with Crippen molar-refractivity contribution in [3.63, 3.8) is 0 Å². The summed E-state index contributed by atoms with van der Waals surface area (Å²) in [6, 6.07) is 3.72. The Bertz CT molecular complexity index is 357. The largest absolute Gasteiger partial charge is 0.465 e. The molecule has 4 nitrogen and oxygen atoms in total. The first-order chi connectivity index (χ1) is 7.25. The number of carbonyl (C=O) groups excluding carboxylic acids is 1. The van der Waals surface area contributed by atoms with Crippen LogP contribution in [0, 0.1) is 0 Å². The van der Waals surface area contributed by atoms with Crippen LogP contribution in [0.2, 0.25) is 0 Å². The van der Waals surface area contributed by atoms with Gasteiger partial charge in [0.25, 0.3) is 0 Å². The maximum absolute atomic E-state index is 11.6. The molecule has 1 fully saturated rings. The zero-order valence-corrected chi connectivity index (χ0v) is 8.43. The third-order valence-corrected chi connectivity index (χ3v) is 2.47. The molecule has 2 N–H and O–H groups in total. The van der Waals surface area contributed by atoms with Crippen LogP contribution in [0.5, 0.6) is 0 Å². The Balaban J connectivity index is 1.92. The average Bonchev–Trinajstić information content (AvgIpc) is 2.84. The van der Waals surface area contributed by atoms with Gasteiger partial charge in [0.2, 0.25) is 5.91 Å². The Labute approximate surface area is 88.3 Å². The Kier molecular flexibility index (Phi) is 2.87. The predicted molar refractivity (Wildman–Crippen MR) is 56.9 cm³/mol. The van der Waals surface area contributed by atoms with Gasteiger partial charge >= 0.3 is 0 Å². The highest BCUT2D eigenvalue weighted by Gasteiger charge is 2.21. The predicted octanol–water partition coefficient (Wildman–Crippen LogP) is 0.852. The van der Waals surface area contributed by atoms with Crippen LogP contribution in [-0.2, 0) is 4.79 Å². The van der Waals surface area contributed by atoms with Gasteiger partial charge in [0, 0.05) is 25.2 Å². The molecular formula is C11H14N2O2. The molecule has 1 aromatic heterocycles. The van der Waals surface area contributed by atoms with Crippen molar-refractivity contribution >= 4 is 12.0 Å². The summed E-state index contributed by atoms with van der Waals surface area (Å²) < 4.78 is 5.09. The Morgan fingerprint density at radius 1 is 1.67 bits per heavy atom. The summed E-state index contributed by atoms with van der Waals surface area (Å²) in [4.78, 5) is 13.4. The van der Waals surface area contributed by atoms with E-state index in [9.17, 15) is 4.79 Å². The van der Waals surface area contributed by atoms with E-state index in [0.717, 1.165) is 13.0 Å². The van der Waals surface area contributed by atoms with Crippen molar-refractivity contribution in [3.8, 4) is 0 Å². The zero-order valence-electron chi connectivity index (χ0n) is 8.43. The maximum atomic E-state index is 11.6. The van der Waals surface area contributed by atoms with E-state index in [1.54, 1.807) is 29.4 Å². The SMILES string of the molecule is N[C@@H]1CCN(C(=O)/C=C/c2ccco2)C1. The van der Waals surface area contributed by atoms with Gasteiger partial charge in [-0.1, -0.05) is 0 Å². The number of nitrogens with two attached hydrogens (primary N) is 1. The van der Waals surface area contributed by atoms with E-state index >= 15 is 0 Å². The van der Waals surface area contributed by atoms with Gasteiger partial charge in [0.1, 0.15) is 5.76 Å². The fourth-order valence-corrected chi connectivity index (χ4v) is 1.63. The third-order valence-electron chi connectivity index (χ3n) is 2.47. The van der Waals surface area contributed by atoms with Gasteiger partial charge in [-0.05, 0) is 24.6 Å². The van der Waals surface area contributed by atoms with Crippen LogP contribution >= 0.6 is 0 Å². The molecule has 1 aromatic rings. The third kappa shape index (κ3) is 2.47. The van der Waals surface area contributed by atoms with Crippen molar-refractivity contribution in [3.05, 3.63) is 30.2 Å². The minimum atomic E-state index is -0.000602. The fourth-order valence-electron chi connectivity index (χ4n) is 1.63. The quantitative estimate of drug-likeness (QED) is 0.730. The van der Waals surface area contributed by atoms with Crippen LogP contribution in [-0.4, -0.2) is 29.9 Å². The molecule has 0 radical (unpaired) electrons. The molecule has 0 spiro atoms. The lowest BCUT2D eigenvalue weighted by Crippen LogP contribution is -2.30. The second-order valence-corrected chi connectivity index (χ2v) is 3.68. The summed E-state index contributed by atoms with van der Waals surface area (Å²) in [6.07, 6.45) is 5.67. The van der Waals surface area contributed by atoms with Crippen molar-refractivity contribution in [1.82, 2.24) is 4.90 Å². The normalized spacial score (nSPS) is 21.4. The highest BCUT2D eigenvalue weighted by Crippen LogP contribution is 2.09. The standard InChI is InChI=1S/C11H14N2O2/c12-9-5-6-13(8-9)11(14)4-3-10-2-1-7-15-10/h1-4,7,9H,5-6,8,12H2/b4-3+/t9-/m1/s1. The molecule has 2 rings (SSSR count). The van der Waals surface area contributed by atoms with E-state index in [1.807, 2.05) is 0 Å². The van der Waals surface area contributed by atoms with Gasteiger partial charge in [-0.15, -0.1) is 0 Å². The summed E-state index contributed by atoms with van der Waals surface area (Å²) in [5.41, 5.74) is 5.72. The fraction of sp³-hybridized carbons (Fsp3) is 0.364. The topological polar surface area (TPSA) is 59.5 Å². The van der Waals surface area contributed by atoms with E-state index < -0.39 is 0 Å². The molecule has 0 unspecified atom stereocenters. The summed E-state index contributed by atoms with van der Waals surface area (Å²) in [5.74, 6) is 0.686. The molecule has 1 aliphatic heterocycles. The van der Waals surface area contributed by atoms with Gasteiger partial charge in [0.05, 0.1) is 6.26 Å². The smallest absolute Gasteiger partial charge is 0.246 e. The molecule has 1 amide bonds. The van der Waals surface area contributed by atoms with E-state index in [2.05, 4.69) is 0 Å². The molecule has 0 aliphatic carbocycles. The number of likely N-dealkylation sites (tertiary alicyclic amines) is 1. The summed E-state index contributed by atoms with van der Waals surface area (Å²) in [5, 5.41) is 0. The second kappa shape index (κ2) is 4.31. The molecule has 80 valence electrons. The van der Waals surface area contributed by atoms with E-state index in [1.165, 1.54) is 6.08 Å². The molecule has 1 aliphatic rings. The van der Waals surface area contributed by atoms with Crippen LogP contribution in [0.3, 0.4) is 0 Å². The Morgan fingerprint density at radius 2 is 2.53 bits per heavy atom. The lowest BCUT2D eigenvalue weighted by molar-refractivity contribution is -0.124. The van der Waals surface area contributed by atoms with Crippen molar-refractivity contribution in [1.29, 1.82) is 0 Å². The van der Waals surface area contributed by atoms with Crippen LogP contribution in [0.15, 0.2) is 28.9 Å². The maximum Gasteiger partial charge on any atom is 0.246 e. The van der Waals surface area contributed by atoms with Gasteiger partial charge in [-0.2, -0.15) is 0 Å². The summed E-state index contributed by atoms with van der Waals surface area (Å²) in [6.45, 7) is 1.41. The second-order valence-electron chi connectivity index (χ2n) is 3.68. The number of furan rings is 1. The van der Waals surface area contributed by atoms with Gasteiger partial charge in [0.15, 0.2) is 0 Å². The van der Waals surface area contributed by atoms with E-state index in [0.29, 0.717) is 12.3 Å². The molecule has 15 heavy (non-hydrogen) atoms. The van der Waals surface area contributed by atoms with Crippen LogP contribution < -0.4 is 5.73 Å². The number of hydrogen-bond donors (Lipinski definition) is 1. The van der Waals surface area contributed by atoms with Crippen molar-refractivity contribution < 1.29 is 9.21 Å². The van der Waals surface area contributed by atoms with Gasteiger partial charge < -0.3 is 15.1 Å². The van der Waals surface area contributed by atoms with Gasteiger partial charge in [-0.3, -0.25) is 4.79 Å². The lowest BCUT2D eigenvalue weighted by atomic mass is 10.3. The molecule has 1 atom stereocenters. The minimum Gasteiger partial charge on any atom is -0.465 e. The number of amides is 1. The van der Waals surface area contributed by atoms with Crippen molar-refractivity contribution in [2.75, 3.05) is 13.1 Å². The number of hydrogen-bond acceptors (Lipinski definition) is 3. The lowest BCUT2D eigenvalue weighted by Gasteiger charge is -2.12. The van der Waals surface area contributed by atoms with Crippen LogP contribution in [0.25, 0.3) is 6.08 Å². The highest BCUT2D eigenvalue weighted by molar-refractivity contribution is 5.91. The van der Waals surface area contributed by atoms with E-state index in [4.69, 9.17) is 10.2 Å². The number of carbonyl (C=O) groups is 1. The van der Waals surface area contributed by atoms with Crippen molar-refractivity contribution in [2.24, 2.45) is 5.73 Å². The first-order valence-electron chi connectivity index (χ1n) is 5.02. The molecular weight excluding hydrogens is 192 g/mol. The van der Waals surface area contributed by atoms with Crippen LogP contribution in [0.1, 0.15) is 12.2 Å². The molecule has 2 heterocycles. The Morgan fingerprint density at radius 3 is 3.13 bits per heavy atom. The number of rotatable bonds is 2. The molecule has 0 bridgehead atoms. The monoisotopic (exact) mass is 206 g/mol. The first-order valence-corrected chi connectivity index (χ1v) is 5.02. The molecule has 0 saturated carbocycles. The molecule has 1 saturated heterocycles. The molecule has 0 aromatic carbocycles. The summed E-state index contributed by atoms with van der Waals surface area (Å²) >= 11 is 0.